The van der Waals surface area contributed by atoms with Gasteiger partial charge >= 0.3 is 24.1 Å². The molecule has 0 bridgehead atoms. The van der Waals surface area contributed by atoms with Gasteiger partial charge in [-0.15, -0.1) is 0 Å². The van der Waals surface area contributed by atoms with Crippen molar-refractivity contribution in [2.45, 2.75) is 30.8 Å². The highest BCUT2D eigenvalue weighted by Crippen LogP contribution is 2.31. The van der Waals surface area contributed by atoms with E-state index in [9.17, 15) is 27.6 Å². The number of hydrogen-bond donors (Lipinski definition) is 0. The number of benzene rings is 4. The lowest BCUT2D eigenvalue weighted by molar-refractivity contribution is -0.251. The molecule has 0 spiro atoms. The van der Waals surface area contributed by atoms with Gasteiger partial charge in [-0.2, -0.15) is 13.2 Å². The third-order valence-electron chi connectivity index (χ3n) is 6.61. The lowest BCUT2D eigenvalue weighted by atomic mass is 10.0. The van der Waals surface area contributed by atoms with Crippen molar-refractivity contribution in [3.05, 3.63) is 138 Å². The van der Waals surface area contributed by atoms with Crippen LogP contribution in [0.15, 0.2) is 126 Å². The Morgan fingerprint density at radius 3 is 1.46 bits per heavy atom. The highest BCUT2D eigenvalue weighted by molar-refractivity contribution is 5.91. The molecule has 1 fully saturated rings. The predicted octanol–water partition coefficient (Wildman–Crippen LogP) is 6.33. The molecule has 4 aromatic rings. The van der Waals surface area contributed by atoms with E-state index in [1.54, 1.807) is 60.7 Å². The topological polar surface area (TPSA) is 110 Å². The maximum atomic E-state index is 14.2. The molecule has 0 saturated carbocycles. The zero-order valence-electron chi connectivity index (χ0n) is 23.9. The van der Waals surface area contributed by atoms with Crippen molar-refractivity contribution in [1.82, 2.24) is 0 Å². The number of aliphatic imine (C=N–C) groups is 1. The highest BCUT2D eigenvalue weighted by Gasteiger charge is 2.52. The Kier molecular flexibility index (Phi) is 10.1. The number of carbonyl (C=O) groups is 3. The van der Waals surface area contributed by atoms with Gasteiger partial charge in [-0.25, -0.2) is 19.4 Å². The van der Waals surface area contributed by atoms with Crippen LogP contribution in [0.5, 0.6) is 0 Å². The standard InChI is InChI=1S/C34H26F3NO8/c35-34(36,37)33(38-25-19-11-4-12-20-25)46-32-28(45-31(41)24-17-9-3-10-18-24)27(44-30(40)23-15-7-2-8-16-23)26(21-42-32)43-29(39)22-13-5-1-6-14-22/h1-20,26-28,32H,21H2/t26-,27-,28+,32+/m0/s1. The van der Waals surface area contributed by atoms with Crippen molar-refractivity contribution in [3.8, 4) is 0 Å². The summed E-state index contributed by atoms with van der Waals surface area (Å²) >= 11 is 0. The van der Waals surface area contributed by atoms with E-state index in [2.05, 4.69) is 4.99 Å². The first kappa shape index (κ1) is 31.9. The fourth-order valence-corrected chi connectivity index (χ4v) is 4.41. The molecule has 1 saturated heterocycles. The molecule has 0 N–H and O–H groups in total. The summed E-state index contributed by atoms with van der Waals surface area (Å²) in [6, 6.07) is 30.3. The first-order valence-electron chi connectivity index (χ1n) is 14.0. The monoisotopic (exact) mass is 633 g/mol. The van der Waals surface area contributed by atoms with Crippen molar-refractivity contribution >= 4 is 29.5 Å². The van der Waals surface area contributed by atoms with E-state index in [-0.39, 0.29) is 22.4 Å². The summed E-state index contributed by atoms with van der Waals surface area (Å²) in [5.74, 6) is -4.48. The molecule has 1 aliphatic heterocycles. The number of nitrogens with zero attached hydrogens (tertiary/aromatic N) is 1. The Morgan fingerprint density at radius 1 is 0.587 bits per heavy atom. The number of esters is 3. The van der Waals surface area contributed by atoms with Crippen LogP contribution in [0.25, 0.3) is 0 Å². The summed E-state index contributed by atoms with van der Waals surface area (Å²) in [5, 5.41) is 0. The molecule has 9 nitrogen and oxygen atoms in total. The lowest BCUT2D eigenvalue weighted by Gasteiger charge is -2.40. The Hall–Kier alpha value is -5.49. The third kappa shape index (κ3) is 8.16. The van der Waals surface area contributed by atoms with E-state index >= 15 is 0 Å². The van der Waals surface area contributed by atoms with E-state index in [1.807, 2.05) is 0 Å². The maximum Gasteiger partial charge on any atom is 0.468 e. The third-order valence-corrected chi connectivity index (χ3v) is 6.61. The molecule has 46 heavy (non-hydrogen) atoms. The molecule has 0 aliphatic carbocycles. The molecule has 5 rings (SSSR count). The first-order valence-corrected chi connectivity index (χ1v) is 14.0. The quantitative estimate of drug-likeness (QED) is 0.0959. The van der Waals surface area contributed by atoms with Gasteiger partial charge in [-0.3, -0.25) is 0 Å². The number of carbonyl (C=O) groups excluding carboxylic acids is 3. The van der Waals surface area contributed by atoms with Gasteiger partial charge in [0.15, 0.2) is 12.2 Å². The van der Waals surface area contributed by atoms with Gasteiger partial charge in [-0.05, 0) is 48.5 Å². The van der Waals surface area contributed by atoms with E-state index in [1.165, 1.54) is 60.7 Å². The normalized spacial score (nSPS) is 19.8. The van der Waals surface area contributed by atoms with E-state index in [4.69, 9.17) is 23.7 Å². The van der Waals surface area contributed by atoms with Gasteiger partial charge in [0.1, 0.15) is 0 Å². The Bertz CT molecular complexity index is 1650. The Morgan fingerprint density at radius 2 is 1.00 bits per heavy atom. The van der Waals surface area contributed by atoms with Crippen LogP contribution in [0.1, 0.15) is 31.1 Å². The van der Waals surface area contributed by atoms with Gasteiger partial charge in [0, 0.05) is 0 Å². The number of rotatable bonds is 8. The second-order valence-corrected chi connectivity index (χ2v) is 9.85. The highest BCUT2D eigenvalue weighted by atomic mass is 19.4. The summed E-state index contributed by atoms with van der Waals surface area (Å²) in [5.41, 5.74) is 0.174. The molecule has 0 amide bonds. The van der Waals surface area contributed by atoms with E-state index in [0.29, 0.717) is 0 Å². The fraction of sp³-hybridized carbons (Fsp3) is 0.176. The number of ether oxygens (including phenoxy) is 5. The SMILES string of the molecule is O=C(O[C@@H]1[C@@H](OC(=O)c2ccccc2)[C@@H](OC(=Nc2ccccc2)C(F)(F)F)OC[C@@H]1OC(=O)c1ccccc1)c1ccccc1. The zero-order valence-corrected chi connectivity index (χ0v) is 23.9. The van der Waals surface area contributed by atoms with Crippen LogP contribution >= 0.6 is 0 Å². The van der Waals surface area contributed by atoms with Crippen molar-refractivity contribution in [3.63, 3.8) is 0 Å². The van der Waals surface area contributed by atoms with Crippen molar-refractivity contribution in [2.75, 3.05) is 6.61 Å². The molecule has 0 unspecified atom stereocenters. The average Bonchev–Trinajstić information content (AvgIpc) is 3.07. The van der Waals surface area contributed by atoms with Gasteiger partial charge in [0.05, 0.1) is 29.0 Å². The van der Waals surface area contributed by atoms with Crippen LogP contribution in [-0.4, -0.2) is 61.2 Å². The van der Waals surface area contributed by atoms with Crippen LogP contribution < -0.4 is 0 Å². The zero-order chi connectivity index (χ0) is 32.5. The lowest BCUT2D eigenvalue weighted by Crippen LogP contribution is -2.59. The Balaban J connectivity index is 1.53. The van der Waals surface area contributed by atoms with E-state index in [0.717, 1.165) is 0 Å². The summed E-state index contributed by atoms with van der Waals surface area (Å²) in [7, 11) is 0. The van der Waals surface area contributed by atoms with Crippen LogP contribution in [-0.2, 0) is 23.7 Å². The minimum Gasteiger partial charge on any atom is -0.452 e. The summed E-state index contributed by atoms with van der Waals surface area (Å²) in [6.07, 6.45) is -12.1. The van der Waals surface area contributed by atoms with E-state index < -0.39 is 61.2 Å². The van der Waals surface area contributed by atoms with Gasteiger partial charge in [-0.1, -0.05) is 72.8 Å². The second-order valence-electron chi connectivity index (χ2n) is 9.85. The fourth-order valence-electron chi connectivity index (χ4n) is 4.41. The summed E-state index contributed by atoms with van der Waals surface area (Å²) in [6.45, 7) is -0.591. The minimum atomic E-state index is -5.11. The maximum absolute atomic E-state index is 14.2. The molecule has 4 aromatic carbocycles. The number of alkyl halides is 3. The molecular formula is C34H26F3NO8. The first-order chi connectivity index (χ1) is 22.2. The van der Waals surface area contributed by atoms with Gasteiger partial charge in [0.25, 0.3) is 5.90 Å². The molecule has 0 aromatic heterocycles. The predicted molar refractivity (Wildman–Crippen MR) is 157 cm³/mol. The smallest absolute Gasteiger partial charge is 0.452 e. The molecular weight excluding hydrogens is 607 g/mol. The summed E-state index contributed by atoms with van der Waals surface area (Å²) < 4.78 is 70.5. The van der Waals surface area contributed by atoms with Crippen LogP contribution in [0.4, 0.5) is 18.9 Å². The van der Waals surface area contributed by atoms with Gasteiger partial charge in [0.2, 0.25) is 12.4 Å². The molecule has 4 atom stereocenters. The number of para-hydroxylation sites is 1. The van der Waals surface area contributed by atoms with Crippen LogP contribution in [0, 0.1) is 0 Å². The molecule has 1 heterocycles. The van der Waals surface area contributed by atoms with Crippen LogP contribution in [0.3, 0.4) is 0 Å². The minimum absolute atomic E-state index is 0.0341. The van der Waals surface area contributed by atoms with Crippen LogP contribution in [0.2, 0.25) is 0 Å². The van der Waals surface area contributed by atoms with Crippen molar-refractivity contribution < 1.29 is 51.2 Å². The second kappa shape index (κ2) is 14.5. The summed E-state index contributed by atoms with van der Waals surface area (Å²) in [4.78, 5) is 43.1. The molecule has 1 aliphatic rings. The van der Waals surface area contributed by atoms with Gasteiger partial charge < -0.3 is 23.7 Å². The number of halogens is 3. The average molecular weight is 634 g/mol. The number of hydrogen-bond acceptors (Lipinski definition) is 9. The molecule has 0 radical (unpaired) electrons. The van der Waals surface area contributed by atoms with Crippen molar-refractivity contribution in [2.24, 2.45) is 4.99 Å². The Labute approximate surface area is 261 Å². The molecule has 236 valence electrons. The molecule has 12 heteroatoms. The largest absolute Gasteiger partial charge is 0.468 e. The van der Waals surface area contributed by atoms with Crippen molar-refractivity contribution in [1.29, 1.82) is 0 Å².